The Morgan fingerprint density at radius 3 is 2.14 bits per heavy atom. The number of rotatable bonds is 7. The van der Waals surface area contributed by atoms with Crippen molar-refractivity contribution in [3.8, 4) is 0 Å². The molecule has 1 fully saturated rings. The number of nitro groups is 1. The van der Waals surface area contributed by atoms with Gasteiger partial charge in [0.2, 0.25) is 0 Å². The van der Waals surface area contributed by atoms with E-state index in [1.807, 2.05) is 74.5 Å². The molecular weight excluding hydrogens is 462 g/mol. The number of non-ortho nitro benzene ring substituents is 1. The zero-order chi connectivity index (χ0) is 25.2. The molecule has 0 bridgehead atoms. The number of nitro benzene ring substituents is 1. The molecule has 7 nitrogen and oxygen atoms in total. The number of carbonyl (C=O) groups excluding carboxylic acids is 2. The van der Waals surface area contributed by atoms with Gasteiger partial charge >= 0.3 is 0 Å². The van der Waals surface area contributed by atoms with E-state index >= 15 is 0 Å². The molecule has 1 heterocycles. The fourth-order valence-electron chi connectivity index (χ4n) is 4.61. The van der Waals surface area contributed by atoms with Crippen LogP contribution in [0.25, 0.3) is 0 Å². The van der Waals surface area contributed by atoms with E-state index in [-0.39, 0.29) is 28.8 Å². The average Bonchev–Trinajstić information content (AvgIpc) is 2.86. The van der Waals surface area contributed by atoms with Crippen LogP contribution in [0.15, 0.2) is 84.9 Å². The minimum Gasteiger partial charge on any atom is -0.332 e. The minimum absolute atomic E-state index is 0.0165. The molecule has 1 aliphatic rings. The first-order valence-electron chi connectivity index (χ1n) is 11.4. The summed E-state index contributed by atoms with van der Waals surface area (Å²) in [7, 11) is 1.74. The van der Waals surface area contributed by atoms with Gasteiger partial charge in [0.05, 0.1) is 11.0 Å². The number of β-lactam (4-membered cyclic amide) rings is 1. The number of nitrogens with zero attached hydrogens (tertiary/aromatic N) is 3. The lowest BCUT2D eigenvalue weighted by Gasteiger charge is -2.57. The molecule has 2 atom stereocenters. The Morgan fingerprint density at radius 1 is 1.03 bits per heavy atom. The SMILES string of the molecule is CC(C)[C@@H]1N(c2ccc([N+](=O)[O-])cc2)C(=O)[C@@]1(SC(=O)N(C)Cc1ccccc1)c1ccccc1. The van der Waals surface area contributed by atoms with Gasteiger partial charge in [-0.2, -0.15) is 0 Å². The molecule has 35 heavy (non-hydrogen) atoms. The van der Waals surface area contributed by atoms with Gasteiger partial charge in [0, 0.05) is 31.4 Å². The van der Waals surface area contributed by atoms with Crippen LogP contribution in [-0.2, 0) is 16.1 Å². The van der Waals surface area contributed by atoms with E-state index in [0.717, 1.165) is 22.9 Å². The van der Waals surface area contributed by atoms with Crippen LogP contribution in [0.4, 0.5) is 16.2 Å². The summed E-state index contributed by atoms with van der Waals surface area (Å²) >= 11 is 1.05. The molecule has 0 radical (unpaired) electrons. The molecule has 2 amide bonds. The summed E-state index contributed by atoms with van der Waals surface area (Å²) in [5.41, 5.74) is 2.32. The molecule has 180 valence electrons. The molecule has 8 heteroatoms. The fourth-order valence-corrected chi connectivity index (χ4v) is 6.04. The van der Waals surface area contributed by atoms with Crippen LogP contribution in [0.2, 0.25) is 0 Å². The standard InChI is InChI=1S/C27H27N3O4S/c1-19(2)24-27(21-12-8-5-9-13-21,35-26(32)28(3)18-20-10-6-4-7-11-20)25(31)29(24)22-14-16-23(17-15-22)30(33)34/h4-17,19,24H,18H2,1-3H3/t24-,27+/m0/s1. The Hall–Kier alpha value is -3.65. The van der Waals surface area contributed by atoms with E-state index in [9.17, 15) is 19.7 Å². The third kappa shape index (κ3) is 4.53. The monoisotopic (exact) mass is 489 g/mol. The molecule has 1 saturated heterocycles. The molecule has 4 rings (SSSR count). The van der Waals surface area contributed by atoms with Crippen LogP contribution in [0.5, 0.6) is 0 Å². The van der Waals surface area contributed by atoms with E-state index in [1.54, 1.807) is 29.0 Å². The molecule has 3 aromatic rings. The second-order valence-corrected chi connectivity index (χ2v) is 10.1. The largest absolute Gasteiger partial charge is 0.332 e. The van der Waals surface area contributed by atoms with Gasteiger partial charge in [-0.05, 0) is 40.9 Å². The van der Waals surface area contributed by atoms with Crippen LogP contribution in [0, 0.1) is 16.0 Å². The number of amides is 2. The molecule has 0 N–H and O–H groups in total. The van der Waals surface area contributed by atoms with Crippen LogP contribution in [0.3, 0.4) is 0 Å². The highest BCUT2D eigenvalue weighted by atomic mass is 32.2. The summed E-state index contributed by atoms with van der Waals surface area (Å²) in [6, 6.07) is 24.8. The maximum absolute atomic E-state index is 13.9. The Morgan fingerprint density at radius 2 is 1.60 bits per heavy atom. The van der Waals surface area contributed by atoms with Crippen molar-refractivity contribution in [2.75, 3.05) is 11.9 Å². The zero-order valence-electron chi connectivity index (χ0n) is 19.8. The van der Waals surface area contributed by atoms with Gasteiger partial charge < -0.3 is 9.80 Å². The molecule has 0 unspecified atom stereocenters. The summed E-state index contributed by atoms with van der Waals surface area (Å²) < 4.78 is -1.10. The van der Waals surface area contributed by atoms with E-state index in [4.69, 9.17) is 0 Å². The summed E-state index contributed by atoms with van der Waals surface area (Å²) in [4.78, 5) is 41.3. The Bertz CT molecular complexity index is 1220. The number of anilines is 1. The molecular formula is C27H27N3O4S. The maximum atomic E-state index is 13.9. The summed E-state index contributed by atoms with van der Waals surface area (Å²) in [5, 5.41) is 10.9. The van der Waals surface area contributed by atoms with Gasteiger partial charge in [-0.3, -0.25) is 19.7 Å². The van der Waals surface area contributed by atoms with Gasteiger partial charge in [-0.15, -0.1) is 0 Å². The van der Waals surface area contributed by atoms with Crippen molar-refractivity contribution in [3.63, 3.8) is 0 Å². The summed E-state index contributed by atoms with van der Waals surface area (Å²) in [6.07, 6.45) is 0. The van der Waals surface area contributed by atoms with E-state index in [2.05, 4.69) is 0 Å². The van der Waals surface area contributed by atoms with Crippen molar-refractivity contribution < 1.29 is 14.5 Å². The predicted octanol–water partition coefficient (Wildman–Crippen LogP) is 5.85. The maximum Gasteiger partial charge on any atom is 0.283 e. The lowest BCUT2D eigenvalue weighted by molar-refractivity contribution is -0.384. The lowest BCUT2D eigenvalue weighted by Crippen LogP contribution is -2.72. The van der Waals surface area contributed by atoms with Crippen molar-refractivity contribution in [2.24, 2.45) is 5.92 Å². The van der Waals surface area contributed by atoms with Crippen LogP contribution in [0.1, 0.15) is 25.0 Å². The Labute approximate surface area is 208 Å². The van der Waals surface area contributed by atoms with Gasteiger partial charge in [0.1, 0.15) is 4.75 Å². The highest BCUT2D eigenvalue weighted by Crippen LogP contribution is 2.55. The number of carbonyl (C=O) groups is 2. The third-order valence-electron chi connectivity index (χ3n) is 6.23. The van der Waals surface area contributed by atoms with Crippen LogP contribution >= 0.6 is 11.8 Å². The lowest BCUT2D eigenvalue weighted by atomic mass is 9.74. The van der Waals surface area contributed by atoms with Crippen molar-refractivity contribution in [2.45, 2.75) is 31.2 Å². The smallest absolute Gasteiger partial charge is 0.283 e. The van der Waals surface area contributed by atoms with Crippen LogP contribution in [-0.4, -0.2) is 34.1 Å². The topological polar surface area (TPSA) is 83.8 Å². The molecule has 1 aliphatic heterocycles. The van der Waals surface area contributed by atoms with Crippen molar-refractivity contribution >= 4 is 34.3 Å². The van der Waals surface area contributed by atoms with Gasteiger partial charge in [0.25, 0.3) is 16.8 Å². The first kappa shape index (κ1) is 24.5. The second-order valence-electron chi connectivity index (χ2n) is 8.95. The quantitative estimate of drug-likeness (QED) is 0.236. The number of benzene rings is 3. The molecule has 0 spiro atoms. The van der Waals surface area contributed by atoms with Gasteiger partial charge in [-0.25, -0.2) is 0 Å². The molecule has 0 aliphatic carbocycles. The third-order valence-corrected chi connectivity index (χ3v) is 7.69. The van der Waals surface area contributed by atoms with Gasteiger partial charge in [-0.1, -0.05) is 74.5 Å². The summed E-state index contributed by atoms with van der Waals surface area (Å²) in [6.45, 7) is 4.47. The predicted molar refractivity (Wildman–Crippen MR) is 138 cm³/mol. The normalized spacial score (nSPS) is 19.4. The van der Waals surface area contributed by atoms with Gasteiger partial charge in [0.15, 0.2) is 0 Å². The number of hydrogen-bond donors (Lipinski definition) is 0. The minimum atomic E-state index is -1.10. The van der Waals surface area contributed by atoms with Crippen molar-refractivity contribution in [1.82, 2.24) is 4.90 Å². The molecule has 3 aromatic carbocycles. The van der Waals surface area contributed by atoms with E-state index in [1.165, 1.54) is 12.1 Å². The summed E-state index contributed by atoms with van der Waals surface area (Å²) in [5.74, 6) is -0.189. The van der Waals surface area contributed by atoms with Crippen molar-refractivity contribution in [1.29, 1.82) is 0 Å². The number of thioether (sulfide) groups is 1. The fraction of sp³-hybridized carbons (Fsp3) is 0.259. The first-order chi connectivity index (χ1) is 16.8. The molecule has 0 aromatic heterocycles. The second kappa shape index (κ2) is 9.92. The highest BCUT2D eigenvalue weighted by molar-refractivity contribution is 8.15. The Kier molecular flexibility index (Phi) is 6.93. The van der Waals surface area contributed by atoms with Crippen molar-refractivity contribution in [3.05, 3.63) is 106 Å². The zero-order valence-corrected chi connectivity index (χ0v) is 20.6. The number of hydrogen-bond acceptors (Lipinski definition) is 5. The molecule has 0 saturated carbocycles. The first-order valence-corrected chi connectivity index (χ1v) is 12.2. The Balaban J connectivity index is 1.69. The average molecular weight is 490 g/mol. The van der Waals surface area contributed by atoms with E-state index in [0.29, 0.717) is 12.2 Å². The highest BCUT2D eigenvalue weighted by Gasteiger charge is 2.64. The van der Waals surface area contributed by atoms with Crippen LogP contribution < -0.4 is 4.90 Å². The van der Waals surface area contributed by atoms with E-state index < -0.39 is 9.67 Å².